The molecule has 2 aromatic rings. The number of hydrogen-bond donors (Lipinski definition) is 1. The van der Waals surface area contributed by atoms with Crippen molar-refractivity contribution in [2.75, 3.05) is 7.11 Å². The second kappa shape index (κ2) is 5.13. The summed E-state index contributed by atoms with van der Waals surface area (Å²) in [6.07, 6.45) is 0. The lowest BCUT2D eigenvalue weighted by Crippen LogP contribution is -2.22. The average molecular weight is 274 g/mol. The van der Waals surface area contributed by atoms with E-state index in [1.807, 2.05) is 32.0 Å². The SMILES string of the molecule is COC(=O)c1ccc(C(C)(O)c2ccc(C)c(C)c2)o1. The van der Waals surface area contributed by atoms with Crippen LogP contribution in [0, 0.1) is 13.8 Å². The van der Waals surface area contributed by atoms with E-state index in [0.29, 0.717) is 11.3 Å². The van der Waals surface area contributed by atoms with E-state index < -0.39 is 11.6 Å². The van der Waals surface area contributed by atoms with E-state index in [-0.39, 0.29) is 5.76 Å². The van der Waals surface area contributed by atoms with Gasteiger partial charge in [-0.15, -0.1) is 0 Å². The summed E-state index contributed by atoms with van der Waals surface area (Å²) in [7, 11) is 1.28. The van der Waals surface area contributed by atoms with Gasteiger partial charge in [0.2, 0.25) is 5.76 Å². The van der Waals surface area contributed by atoms with Crippen molar-refractivity contribution < 1.29 is 19.1 Å². The largest absolute Gasteiger partial charge is 0.463 e. The molecule has 1 aromatic carbocycles. The van der Waals surface area contributed by atoms with Gasteiger partial charge in [0.15, 0.2) is 0 Å². The molecule has 4 heteroatoms. The van der Waals surface area contributed by atoms with Crippen molar-refractivity contribution in [2.24, 2.45) is 0 Å². The van der Waals surface area contributed by atoms with Crippen LogP contribution >= 0.6 is 0 Å². The van der Waals surface area contributed by atoms with Crippen LogP contribution in [0.4, 0.5) is 0 Å². The molecule has 20 heavy (non-hydrogen) atoms. The standard InChI is InChI=1S/C16H18O4/c1-10-5-6-12(9-11(10)2)16(3,18)14-8-7-13(20-14)15(17)19-4/h5-9,18H,1-4H3. The first kappa shape index (κ1) is 14.3. The van der Waals surface area contributed by atoms with Crippen LogP contribution in [0.3, 0.4) is 0 Å². The summed E-state index contributed by atoms with van der Waals surface area (Å²) in [4.78, 5) is 11.4. The van der Waals surface area contributed by atoms with E-state index in [2.05, 4.69) is 4.74 Å². The minimum Gasteiger partial charge on any atom is -0.463 e. The lowest BCUT2D eigenvalue weighted by molar-refractivity contribution is 0.0522. The average Bonchev–Trinajstić information content (AvgIpc) is 2.91. The highest BCUT2D eigenvalue weighted by Gasteiger charge is 2.30. The molecule has 0 radical (unpaired) electrons. The third kappa shape index (κ3) is 2.47. The molecule has 0 amide bonds. The van der Waals surface area contributed by atoms with Crippen molar-refractivity contribution in [3.05, 3.63) is 58.5 Å². The van der Waals surface area contributed by atoms with E-state index in [9.17, 15) is 9.90 Å². The van der Waals surface area contributed by atoms with Gasteiger partial charge in [0.05, 0.1) is 7.11 Å². The number of carbonyl (C=O) groups is 1. The number of aliphatic hydroxyl groups is 1. The summed E-state index contributed by atoms with van der Waals surface area (Å²) < 4.78 is 9.99. The number of furan rings is 1. The Morgan fingerprint density at radius 2 is 1.90 bits per heavy atom. The molecule has 4 nitrogen and oxygen atoms in total. The quantitative estimate of drug-likeness (QED) is 0.874. The fourth-order valence-corrected chi connectivity index (χ4v) is 2.00. The third-order valence-corrected chi connectivity index (χ3v) is 3.54. The van der Waals surface area contributed by atoms with E-state index >= 15 is 0 Å². The number of benzene rings is 1. The second-order valence-corrected chi connectivity index (χ2v) is 5.03. The van der Waals surface area contributed by atoms with Gasteiger partial charge < -0.3 is 14.3 Å². The number of rotatable bonds is 3. The third-order valence-electron chi connectivity index (χ3n) is 3.54. The zero-order valence-corrected chi connectivity index (χ0v) is 12.1. The van der Waals surface area contributed by atoms with Crippen molar-refractivity contribution in [1.29, 1.82) is 0 Å². The van der Waals surface area contributed by atoms with E-state index in [1.54, 1.807) is 13.0 Å². The molecule has 1 unspecified atom stereocenters. The van der Waals surface area contributed by atoms with Crippen LogP contribution in [0.2, 0.25) is 0 Å². The predicted molar refractivity (Wildman–Crippen MR) is 74.6 cm³/mol. The Labute approximate surface area is 118 Å². The molecule has 0 aliphatic carbocycles. The summed E-state index contributed by atoms with van der Waals surface area (Å²) >= 11 is 0. The number of hydrogen-bond acceptors (Lipinski definition) is 4. The van der Waals surface area contributed by atoms with Gasteiger partial charge in [-0.1, -0.05) is 18.2 Å². The number of ether oxygens (including phenoxy) is 1. The molecule has 106 valence electrons. The lowest BCUT2D eigenvalue weighted by atomic mass is 9.91. The van der Waals surface area contributed by atoms with E-state index in [1.165, 1.54) is 13.2 Å². The number of aryl methyl sites for hydroxylation is 2. The van der Waals surface area contributed by atoms with Crippen molar-refractivity contribution in [2.45, 2.75) is 26.4 Å². The molecular weight excluding hydrogens is 256 g/mol. The minimum absolute atomic E-state index is 0.0756. The fraction of sp³-hybridized carbons (Fsp3) is 0.312. The molecule has 0 saturated heterocycles. The number of esters is 1. The van der Waals surface area contributed by atoms with Crippen molar-refractivity contribution in [3.63, 3.8) is 0 Å². The first-order valence-electron chi connectivity index (χ1n) is 6.35. The maximum atomic E-state index is 11.4. The fourth-order valence-electron chi connectivity index (χ4n) is 2.00. The lowest BCUT2D eigenvalue weighted by Gasteiger charge is -2.22. The van der Waals surface area contributed by atoms with Gasteiger partial charge in [-0.3, -0.25) is 0 Å². The Bertz CT molecular complexity index is 638. The monoisotopic (exact) mass is 274 g/mol. The maximum Gasteiger partial charge on any atom is 0.373 e. The summed E-state index contributed by atoms with van der Waals surface area (Å²) in [6, 6.07) is 8.79. The number of carbonyl (C=O) groups excluding carboxylic acids is 1. The van der Waals surface area contributed by atoms with Crippen LogP contribution in [-0.2, 0) is 10.3 Å². The van der Waals surface area contributed by atoms with Gasteiger partial charge in [-0.2, -0.15) is 0 Å². The molecule has 1 aromatic heterocycles. The van der Waals surface area contributed by atoms with Gasteiger partial charge in [0, 0.05) is 0 Å². The van der Waals surface area contributed by atoms with Crippen molar-refractivity contribution >= 4 is 5.97 Å². The van der Waals surface area contributed by atoms with Crippen LogP contribution in [0.5, 0.6) is 0 Å². The predicted octanol–water partition coefficient (Wildman–Crippen LogP) is 2.94. The summed E-state index contributed by atoms with van der Waals surface area (Å²) in [5.41, 5.74) is 1.65. The molecule has 0 aliphatic rings. The summed E-state index contributed by atoms with van der Waals surface area (Å²) in [5, 5.41) is 10.7. The highest BCUT2D eigenvalue weighted by atomic mass is 16.5. The first-order valence-corrected chi connectivity index (χ1v) is 6.35. The van der Waals surface area contributed by atoms with E-state index in [4.69, 9.17) is 4.42 Å². The Hall–Kier alpha value is -2.07. The summed E-state index contributed by atoms with van der Waals surface area (Å²) in [6.45, 7) is 5.63. The van der Waals surface area contributed by atoms with Crippen LogP contribution < -0.4 is 0 Å². The first-order chi connectivity index (χ1) is 9.36. The molecular formula is C16H18O4. The molecule has 0 spiro atoms. The normalized spacial score (nSPS) is 13.8. The molecule has 2 rings (SSSR count). The Balaban J connectivity index is 2.40. The Morgan fingerprint density at radius 3 is 2.50 bits per heavy atom. The van der Waals surface area contributed by atoms with Crippen LogP contribution in [0.25, 0.3) is 0 Å². The zero-order valence-electron chi connectivity index (χ0n) is 12.1. The van der Waals surface area contributed by atoms with Crippen molar-refractivity contribution in [3.8, 4) is 0 Å². The van der Waals surface area contributed by atoms with Crippen molar-refractivity contribution in [1.82, 2.24) is 0 Å². The number of methoxy groups -OCH3 is 1. The highest BCUT2D eigenvalue weighted by molar-refractivity contribution is 5.86. The Kier molecular flexibility index (Phi) is 3.68. The zero-order chi connectivity index (χ0) is 14.9. The Morgan fingerprint density at radius 1 is 1.20 bits per heavy atom. The van der Waals surface area contributed by atoms with Gasteiger partial charge >= 0.3 is 5.97 Å². The maximum absolute atomic E-state index is 11.4. The second-order valence-electron chi connectivity index (χ2n) is 5.03. The molecule has 0 saturated carbocycles. The minimum atomic E-state index is -1.30. The molecule has 0 fully saturated rings. The molecule has 1 heterocycles. The summed E-state index contributed by atoms with van der Waals surface area (Å²) in [5.74, 6) is -0.181. The van der Waals surface area contributed by atoms with Gasteiger partial charge in [0.25, 0.3) is 0 Å². The van der Waals surface area contributed by atoms with Crippen LogP contribution in [0.1, 0.15) is 39.9 Å². The smallest absolute Gasteiger partial charge is 0.373 e. The van der Waals surface area contributed by atoms with Gasteiger partial charge in [-0.25, -0.2) is 4.79 Å². The molecule has 1 atom stereocenters. The molecule has 0 aliphatic heterocycles. The van der Waals surface area contributed by atoms with Crippen LogP contribution in [-0.4, -0.2) is 18.2 Å². The van der Waals surface area contributed by atoms with Crippen LogP contribution in [0.15, 0.2) is 34.7 Å². The van der Waals surface area contributed by atoms with Gasteiger partial charge in [0.1, 0.15) is 11.4 Å². The highest BCUT2D eigenvalue weighted by Crippen LogP contribution is 2.31. The topological polar surface area (TPSA) is 59.7 Å². The molecule has 0 bridgehead atoms. The van der Waals surface area contributed by atoms with E-state index in [0.717, 1.165) is 11.1 Å². The molecule has 1 N–H and O–H groups in total. The van der Waals surface area contributed by atoms with Gasteiger partial charge in [-0.05, 0) is 49.6 Å².